The molecule has 27 heavy (non-hydrogen) atoms. The van der Waals surface area contributed by atoms with Gasteiger partial charge in [0.25, 0.3) is 0 Å². The van der Waals surface area contributed by atoms with Crippen LogP contribution in [0.3, 0.4) is 0 Å². The lowest BCUT2D eigenvalue weighted by Crippen LogP contribution is -2.41. The van der Waals surface area contributed by atoms with Crippen molar-refractivity contribution in [3.63, 3.8) is 0 Å². The van der Waals surface area contributed by atoms with Crippen molar-refractivity contribution in [1.82, 2.24) is 0 Å². The van der Waals surface area contributed by atoms with Gasteiger partial charge in [-0.1, -0.05) is 30.3 Å². The Bertz CT molecular complexity index is 644. The van der Waals surface area contributed by atoms with Gasteiger partial charge in [0.1, 0.15) is 12.4 Å². The first-order valence-electron chi connectivity index (χ1n) is 9.17. The van der Waals surface area contributed by atoms with Gasteiger partial charge in [0, 0.05) is 12.2 Å². The van der Waals surface area contributed by atoms with E-state index < -0.39 is 36.6 Å². The van der Waals surface area contributed by atoms with Crippen molar-refractivity contribution in [2.45, 2.75) is 64.2 Å². The van der Waals surface area contributed by atoms with Crippen LogP contribution in [0.15, 0.2) is 42.2 Å². The molecule has 1 atom stereocenters. The summed E-state index contributed by atoms with van der Waals surface area (Å²) in [6.07, 6.45) is 1.65. The number of hydrogen-bond acceptors (Lipinski definition) is 5. The molecule has 0 bridgehead atoms. The molecular weight excluding hydrogens is 350 g/mol. The number of aliphatic hydroxyl groups is 1. The Morgan fingerprint density at radius 2 is 1.81 bits per heavy atom. The van der Waals surface area contributed by atoms with E-state index in [-0.39, 0.29) is 25.4 Å². The van der Waals surface area contributed by atoms with Gasteiger partial charge in [-0.15, -0.1) is 0 Å². The van der Waals surface area contributed by atoms with Crippen molar-refractivity contribution in [2.24, 2.45) is 0 Å². The summed E-state index contributed by atoms with van der Waals surface area (Å²) in [6, 6.07) is 9.39. The first-order valence-corrected chi connectivity index (χ1v) is 9.17. The maximum atomic E-state index is 13.7. The predicted molar refractivity (Wildman–Crippen MR) is 102 cm³/mol. The molecule has 1 fully saturated rings. The number of allylic oxidation sites excluding steroid dienone is 1. The average Bonchev–Trinajstić information content (AvgIpc) is 2.84. The molecule has 1 aromatic carbocycles. The standard InChI is InChI=1S/C20H28BFO5/c1-19(2)20(3,4)27-21(26-19)16(12-17(22)13-23)10-11-18(24)25-14-15-8-6-5-7-9-15/h5-9,12,16,23H,10-11,13-14H2,1-4H3/b17-12-/t16-/m1/s1. The van der Waals surface area contributed by atoms with E-state index >= 15 is 0 Å². The fourth-order valence-electron chi connectivity index (χ4n) is 2.74. The maximum absolute atomic E-state index is 13.7. The van der Waals surface area contributed by atoms with Crippen LogP contribution in [0.25, 0.3) is 0 Å². The second-order valence-electron chi connectivity index (χ2n) is 7.75. The number of carbonyl (C=O) groups excluding carboxylic acids is 1. The largest absolute Gasteiger partial charge is 0.465 e. The van der Waals surface area contributed by atoms with Gasteiger partial charge in [-0.05, 0) is 45.8 Å². The Kier molecular flexibility index (Phi) is 7.20. The molecule has 1 N–H and O–H groups in total. The topological polar surface area (TPSA) is 65.0 Å². The van der Waals surface area contributed by atoms with Crippen molar-refractivity contribution in [3.05, 3.63) is 47.8 Å². The fraction of sp³-hybridized carbons (Fsp3) is 0.550. The van der Waals surface area contributed by atoms with E-state index in [1.807, 2.05) is 58.0 Å². The zero-order valence-electron chi connectivity index (χ0n) is 16.4. The number of carbonyl (C=O) groups is 1. The number of halogens is 1. The minimum absolute atomic E-state index is 0.0940. The third-order valence-electron chi connectivity index (χ3n) is 5.09. The lowest BCUT2D eigenvalue weighted by Gasteiger charge is -2.32. The van der Waals surface area contributed by atoms with Crippen LogP contribution in [0.1, 0.15) is 46.1 Å². The van der Waals surface area contributed by atoms with Gasteiger partial charge in [0.2, 0.25) is 0 Å². The molecule has 0 amide bonds. The van der Waals surface area contributed by atoms with Crippen molar-refractivity contribution in [1.29, 1.82) is 0 Å². The van der Waals surface area contributed by atoms with Crippen molar-refractivity contribution in [2.75, 3.05) is 6.61 Å². The van der Waals surface area contributed by atoms with Crippen LogP contribution >= 0.6 is 0 Å². The number of hydrogen-bond donors (Lipinski definition) is 1. The van der Waals surface area contributed by atoms with Crippen LogP contribution in [0.5, 0.6) is 0 Å². The van der Waals surface area contributed by atoms with E-state index in [4.69, 9.17) is 19.2 Å². The van der Waals surface area contributed by atoms with Crippen molar-refractivity contribution < 1.29 is 28.3 Å². The van der Waals surface area contributed by atoms with Gasteiger partial charge in [-0.25, -0.2) is 4.39 Å². The molecule has 0 aliphatic carbocycles. The highest BCUT2D eigenvalue weighted by atomic mass is 19.1. The molecule has 0 spiro atoms. The molecule has 0 saturated carbocycles. The Hall–Kier alpha value is -1.70. The summed E-state index contributed by atoms with van der Waals surface area (Å²) in [5.74, 6) is -1.56. The first kappa shape index (κ1) is 21.6. The minimum Gasteiger partial charge on any atom is -0.461 e. The molecule has 5 nitrogen and oxygen atoms in total. The monoisotopic (exact) mass is 378 g/mol. The highest BCUT2D eigenvalue weighted by Gasteiger charge is 2.53. The van der Waals surface area contributed by atoms with E-state index in [1.165, 1.54) is 6.08 Å². The van der Waals surface area contributed by atoms with E-state index in [9.17, 15) is 9.18 Å². The van der Waals surface area contributed by atoms with Crippen molar-refractivity contribution >= 4 is 13.1 Å². The van der Waals surface area contributed by atoms with E-state index in [0.29, 0.717) is 0 Å². The van der Waals surface area contributed by atoms with Crippen molar-refractivity contribution in [3.8, 4) is 0 Å². The van der Waals surface area contributed by atoms with Gasteiger partial charge in [-0.3, -0.25) is 4.79 Å². The Morgan fingerprint density at radius 3 is 2.37 bits per heavy atom. The highest BCUT2D eigenvalue weighted by Crippen LogP contribution is 2.41. The molecule has 7 heteroatoms. The van der Waals surface area contributed by atoms with E-state index in [1.54, 1.807) is 0 Å². The quantitative estimate of drug-likeness (QED) is 0.550. The van der Waals surface area contributed by atoms with Gasteiger partial charge in [0.05, 0.1) is 17.8 Å². The lowest BCUT2D eigenvalue weighted by atomic mass is 9.69. The third-order valence-corrected chi connectivity index (χ3v) is 5.09. The fourth-order valence-corrected chi connectivity index (χ4v) is 2.74. The van der Waals surface area contributed by atoms with Crippen LogP contribution < -0.4 is 0 Å². The summed E-state index contributed by atoms with van der Waals surface area (Å²) >= 11 is 0. The molecule has 1 aromatic rings. The molecule has 148 valence electrons. The molecule has 0 aromatic heterocycles. The van der Waals surface area contributed by atoms with Gasteiger partial charge >= 0.3 is 13.1 Å². The van der Waals surface area contributed by atoms with Gasteiger partial charge in [-0.2, -0.15) is 0 Å². The number of aliphatic hydroxyl groups excluding tert-OH is 1. The zero-order valence-corrected chi connectivity index (χ0v) is 16.4. The smallest absolute Gasteiger partial charge is 0.461 e. The van der Waals surface area contributed by atoms with E-state index in [0.717, 1.165) is 5.56 Å². The molecule has 0 radical (unpaired) electrons. The molecule has 2 rings (SSSR count). The summed E-state index contributed by atoms with van der Waals surface area (Å²) in [6.45, 7) is 7.12. The summed E-state index contributed by atoms with van der Waals surface area (Å²) in [5.41, 5.74) is -0.222. The number of benzene rings is 1. The van der Waals surface area contributed by atoms with Crippen LogP contribution in [0.2, 0.25) is 5.82 Å². The molecule has 1 aliphatic rings. The normalized spacial score (nSPS) is 19.8. The molecular formula is C20H28BFO5. The summed E-state index contributed by atoms with van der Waals surface area (Å²) < 4.78 is 30.9. The van der Waals surface area contributed by atoms with Crippen LogP contribution in [0, 0.1) is 0 Å². The number of ether oxygens (including phenoxy) is 1. The minimum atomic E-state index is -0.700. The SMILES string of the molecule is CC1(C)OB([C@@H](/C=C(\F)CO)CCC(=O)OCc2ccccc2)OC1(C)C. The molecule has 0 unspecified atom stereocenters. The summed E-state index contributed by atoms with van der Waals surface area (Å²) in [4.78, 5) is 12.1. The second-order valence-corrected chi connectivity index (χ2v) is 7.75. The molecule has 1 saturated heterocycles. The Balaban J connectivity index is 1.96. The van der Waals surface area contributed by atoms with Gasteiger partial charge in [0.15, 0.2) is 0 Å². The molecule has 1 aliphatic heterocycles. The highest BCUT2D eigenvalue weighted by molar-refractivity contribution is 6.48. The van der Waals surface area contributed by atoms with Gasteiger partial charge < -0.3 is 19.2 Å². The molecule has 1 heterocycles. The second kappa shape index (κ2) is 9.00. The first-order chi connectivity index (χ1) is 12.6. The third kappa shape index (κ3) is 5.89. The predicted octanol–water partition coefficient (Wildman–Crippen LogP) is 3.82. The Morgan fingerprint density at radius 1 is 1.22 bits per heavy atom. The number of rotatable bonds is 8. The van der Waals surface area contributed by atoms with E-state index in [2.05, 4.69) is 0 Å². The summed E-state index contributed by atoms with van der Waals surface area (Å²) in [7, 11) is -0.700. The average molecular weight is 378 g/mol. The lowest BCUT2D eigenvalue weighted by molar-refractivity contribution is -0.145. The van der Waals surface area contributed by atoms with Crippen LogP contribution in [0.4, 0.5) is 4.39 Å². The van der Waals surface area contributed by atoms with Crippen LogP contribution in [-0.4, -0.2) is 36.0 Å². The summed E-state index contributed by atoms with van der Waals surface area (Å²) in [5, 5.41) is 9.00. The Labute approximate surface area is 160 Å². The van der Waals surface area contributed by atoms with Crippen LogP contribution in [-0.2, 0) is 25.4 Å². The zero-order chi connectivity index (χ0) is 20.1. The number of esters is 1. The maximum Gasteiger partial charge on any atom is 0.465 e.